The first-order chi connectivity index (χ1) is 16.8. The van der Waals surface area contributed by atoms with E-state index in [0.717, 1.165) is 39.1 Å². The summed E-state index contributed by atoms with van der Waals surface area (Å²) in [6.45, 7) is 0. The second-order valence-electron chi connectivity index (χ2n) is 8.51. The van der Waals surface area contributed by atoms with Gasteiger partial charge in [-0.2, -0.15) is 0 Å². The van der Waals surface area contributed by atoms with Crippen LogP contribution < -0.4 is 0 Å². The predicted molar refractivity (Wildman–Crippen MR) is 139 cm³/mol. The highest BCUT2D eigenvalue weighted by Crippen LogP contribution is 2.33. The summed E-state index contributed by atoms with van der Waals surface area (Å²) in [6.07, 6.45) is 1.75. The minimum atomic E-state index is 0.922. The van der Waals surface area contributed by atoms with Gasteiger partial charge < -0.3 is 4.42 Å². The summed E-state index contributed by atoms with van der Waals surface area (Å²) in [7, 11) is 0. The molecule has 0 aliphatic carbocycles. The zero-order valence-electron chi connectivity index (χ0n) is 18.3. The maximum Gasteiger partial charge on any atom is 0.145 e. The molecule has 0 aliphatic rings. The summed E-state index contributed by atoms with van der Waals surface area (Å²) >= 11 is 0. The lowest BCUT2D eigenvalue weighted by molar-refractivity contribution is 0.616. The van der Waals surface area contributed by atoms with Gasteiger partial charge in [-0.15, -0.1) is 0 Å². The van der Waals surface area contributed by atoms with Crippen LogP contribution in [-0.4, -0.2) is 9.55 Å². The van der Waals surface area contributed by atoms with Crippen molar-refractivity contribution >= 4 is 32.8 Å². The van der Waals surface area contributed by atoms with Crippen LogP contribution in [0, 0.1) is 0 Å². The minimum Gasteiger partial charge on any atom is -0.464 e. The second-order valence-corrected chi connectivity index (χ2v) is 8.51. The van der Waals surface area contributed by atoms with E-state index in [0.29, 0.717) is 0 Å². The molecule has 0 saturated carbocycles. The van der Waals surface area contributed by atoms with Crippen molar-refractivity contribution < 1.29 is 4.42 Å². The number of hydrogen-bond donors (Lipinski definition) is 0. The number of imidazole rings is 1. The number of hydrogen-bond acceptors (Lipinski definition) is 2. The van der Waals surface area contributed by atoms with Crippen molar-refractivity contribution in [3.63, 3.8) is 0 Å². The average Bonchev–Trinajstić information content (AvgIpc) is 3.54. The Hall–Kier alpha value is -4.63. The smallest absolute Gasteiger partial charge is 0.145 e. The third kappa shape index (κ3) is 2.95. The van der Waals surface area contributed by atoms with Crippen molar-refractivity contribution in [2.75, 3.05) is 0 Å². The quantitative estimate of drug-likeness (QED) is 0.279. The molecule has 7 rings (SSSR count). The second kappa shape index (κ2) is 7.46. The van der Waals surface area contributed by atoms with Gasteiger partial charge in [0.2, 0.25) is 0 Å². The van der Waals surface area contributed by atoms with Gasteiger partial charge >= 0.3 is 0 Å². The van der Waals surface area contributed by atoms with Gasteiger partial charge in [-0.3, -0.25) is 4.57 Å². The molecule has 3 heteroatoms. The van der Waals surface area contributed by atoms with Crippen LogP contribution in [0.25, 0.3) is 61.0 Å². The summed E-state index contributed by atoms with van der Waals surface area (Å²) < 4.78 is 7.78. The highest BCUT2D eigenvalue weighted by atomic mass is 16.3. The third-order valence-corrected chi connectivity index (χ3v) is 6.50. The van der Waals surface area contributed by atoms with E-state index in [2.05, 4.69) is 95.6 Å². The highest BCUT2D eigenvalue weighted by molar-refractivity contribution is 6.06. The lowest BCUT2D eigenvalue weighted by Crippen LogP contribution is -1.97. The predicted octanol–water partition coefficient (Wildman–Crippen LogP) is 8.26. The molecule has 0 atom stereocenters. The zero-order valence-corrected chi connectivity index (χ0v) is 18.3. The molecular weight excluding hydrogens is 416 g/mol. The van der Waals surface area contributed by atoms with Gasteiger partial charge in [0.1, 0.15) is 11.4 Å². The highest BCUT2D eigenvalue weighted by Gasteiger charge is 2.14. The van der Waals surface area contributed by atoms with Crippen molar-refractivity contribution in [1.82, 2.24) is 9.55 Å². The molecule has 0 radical (unpaired) electrons. The van der Waals surface area contributed by atoms with Crippen LogP contribution in [0.5, 0.6) is 0 Å². The summed E-state index contributed by atoms with van der Waals surface area (Å²) in [5.41, 5.74) is 7.59. The zero-order chi connectivity index (χ0) is 22.5. The SMILES string of the molecule is c1ccc(-n2c(-c3ccc(-c4ccc5c(ccc6occc65)c4)cc3)nc3ccccc32)cc1. The first kappa shape index (κ1) is 18.9. The van der Waals surface area contributed by atoms with Crippen molar-refractivity contribution in [2.24, 2.45) is 0 Å². The topological polar surface area (TPSA) is 31.0 Å². The van der Waals surface area contributed by atoms with Crippen LogP contribution in [0.1, 0.15) is 0 Å². The van der Waals surface area contributed by atoms with E-state index in [9.17, 15) is 0 Å². The van der Waals surface area contributed by atoms with Gasteiger partial charge in [0.15, 0.2) is 0 Å². The number of benzene rings is 5. The Morgan fingerprint density at radius 2 is 1.35 bits per heavy atom. The normalized spacial score (nSPS) is 11.5. The molecular formula is C31H20N2O. The molecule has 3 nitrogen and oxygen atoms in total. The minimum absolute atomic E-state index is 0.922. The maximum atomic E-state index is 5.55. The average molecular weight is 437 g/mol. The third-order valence-electron chi connectivity index (χ3n) is 6.50. The molecule has 0 bridgehead atoms. The van der Waals surface area contributed by atoms with E-state index in [1.165, 1.54) is 21.9 Å². The molecule has 0 amide bonds. The molecule has 0 fully saturated rings. The van der Waals surface area contributed by atoms with Gasteiger partial charge in [-0.1, -0.05) is 72.8 Å². The van der Waals surface area contributed by atoms with Crippen LogP contribution >= 0.6 is 0 Å². The molecule has 34 heavy (non-hydrogen) atoms. The molecule has 0 N–H and O–H groups in total. The standard InChI is InChI=1S/C31H20N2O/c1-2-6-25(7-3-1)33-29-9-5-4-8-28(29)32-31(33)22-12-10-21(11-13-22)23-14-16-26-24(20-23)15-17-30-27(26)18-19-34-30/h1-20H. The Bertz CT molecular complexity index is 1790. The van der Waals surface area contributed by atoms with Crippen molar-refractivity contribution in [3.05, 3.63) is 122 Å². The van der Waals surface area contributed by atoms with Gasteiger partial charge in [0, 0.05) is 16.6 Å². The van der Waals surface area contributed by atoms with Crippen LogP contribution in [-0.2, 0) is 0 Å². The van der Waals surface area contributed by atoms with E-state index < -0.39 is 0 Å². The van der Waals surface area contributed by atoms with Crippen molar-refractivity contribution in [2.45, 2.75) is 0 Å². The number of aromatic nitrogens is 2. The summed E-state index contributed by atoms with van der Waals surface area (Å²) in [5, 5.41) is 3.57. The van der Waals surface area contributed by atoms with Crippen molar-refractivity contribution in [3.8, 4) is 28.2 Å². The number of fused-ring (bicyclic) bond motifs is 4. The fourth-order valence-corrected chi connectivity index (χ4v) is 4.83. The molecule has 0 saturated heterocycles. The Kier molecular flexibility index (Phi) is 4.15. The summed E-state index contributed by atoms with van der Waals surface area (Å²) in [6, 6.07) is 40.2. The largest absolute Gasteiger partial charge is 0.464 e. The Labute approximate surface area is 196 Å². The monoisotopic (exact) mass is 436 g/mol. The number of rotatable bonds is 3. The molecule has 160 valence electrons. The first-order valence-electron chi connectivity index (χ1n) is 11.4. The summed E-state index contributed by atoms with van der Waals surface area (Å²) in [4.78, 5) is 4.98. The number of furan rings is 1. The Morgan fingerprint density at radius 3 is 2.24 bits per heavy atom. The maximum absolute atomic E-state index is 5.55. The molecule has 0 spiro atoms. The van der Waals surface area contributed by atoms with Crippen LogP contribution in [0.3, 0.4) is 0 Å². The number of para-hydroxylation sites is 3. The number of nitrogens with zero attached hydrogens (tertiary/aromatic N) is 2. The molecule has 2 heterocycles. The summed E-state index contributed by atoms with van der Waals surface area (Å²) in [5.74, 6) is 0.944. The lowest BCUT2D eigenvalue weighted by Gasteiger charge is -2.10. The van der Waals surface area contributed by atoms with E-state index in [1.54, 1.807) is 6.26 Å². The van der Waals surface area contributed by atoms with Crippen LogP contribution in [0.4, 0.5) is 0 Å². The fraction of sp³-hybridized carbons (Fsp3) is 0. The van der Waals surface area contributed by atoms with E-state index in [-0.39, 0.29) is 0 Å². The van der Waals surface area contributed by atoms with Crippen LogP contribution in [0.2, 0.25) is 0 Å². The molecule has 2 aromatic heterocycles. The van der Waals surface area contributed by atoms with E-state index >= 15 is 0 Å². The lowest BCUT2D eigenvalue weighted by atomic mass is 9.99. The molecule has 0 aliphatic heterocycles. The van der Waals surface area contributed by atoms with Gasteiger partial charge in [-0.25, -0.2) is 4.98 Å². The van der Waals surface area contributed by atoms with Crippen molar-refractivity contribution in [1.29, 1.82) is 0 Å². The van der Waals surface area contributed by atoms with E-state index in [4.69, 9.17) is 9.40 Å². The molecule has 5 aromatic carbocycles. The molecule has 0 unspecified atom stereocenters. The van der Waals surface area contributed by atoms with Gasteiger partial charge in [0.05, 0.1) is 17.3 Å². The van der Waals surface area contributed by atoms with Gasteiger partial charge in [-0.05, 0) is 64.4 Å². The Morgan fingerprint density at radius 1 is 0.588 bits per heavy atom. The fourth-order valence-electron chi connectivity index (χ4n) is 4.83. The van der Waals surface area contributed by atoms with E-state index in [1.807, 2.05) is 24.3 Å². The van der Waals surface area contributed by atoms with Crippen LogP contribution in [0.15, 0.2) is 126 Å². The van der Waals surface area contributed by atoms with Gasteiger partial charge in [0.25, 0.3) is 0 Å². The Balaban J connectivity index is 1.33. The first-order valence-corrected chi connectivity index (χ1v) is 11.4. The molecule has 7 aromatic rings.